The van der Waals surface area contributed by atoms with Crippen LogP contribution >= 0.6 is 11.6 Å². The standard InChI is InChI=1S/C14H21ClFN/c1-2-3-4-5-6-7-14(17)12-9-8-11(16)10-13(12)15/h8-10,14H,2-7,17H2,1H3. The molecule has 0 saturated heterocycles. The van der Waals surface area contributed by atoms with E-state index in [1.807, 2.05) is 0 Å². The molecule has 17 heavy (non-hydrogen) atoms. The Balaban J connectivity index is 2.38. The molecule has 1 atom stereocenters. The lowest BCUT2D eigenvalue weighted by Crippen LogP contribution is -2.10. The molecule has 0 radical (unpaired) electrons. The molecule has 0 spiro atoms. The average molecular weight is 258 g/mol. The first-order valence-electron chi connectivity index (χ1n) is 6.35. The van der Waals surface area contributed by atoms with E-state index in [1.54, 1.807) is 6.07 Å². The molecule has 0 fully saturated rings. The highest BCUT2D eigenvalue weighted by atomic mass is 35.5. The Hall–Kier alpha value is -0.600. The Kier molecular flexibility index (Phi) is 6.53. The number of halogens is 2. The minimum atomic E-state index is -0.311. The molecule has 0 aromatic heterocycles. The Bertz CT molecular complexity index is 341. The van der Waals surface area contributed by atoms with Crippen LogP contribution in [0, 0.1) is 5.82 Å². The largest absolute Gasteiger partial charge is 0.324 e. The summed E-state index contributed by atoms with van der Waals surface area (Å²) < 4.78 is 12.9. The maximum atomic E-state index is 12.9. The molecule has 1 rings (SSSR count). The van der Waals surface area contributed by atoms with Crippen LogP contribution in [0.4, 0.5) is 4.39 Å². The molecule has 0 aliphatic carbocycles. The maximum Gasteiger partial charge on any atom is 0.124 e. The number of hydrogen-bond acceptors (Lipinski definition) is 1. The Labute approximate surface area is 108 Å². The van der Waals surface area contributed by atoms with Crippen molar-refractivity contribution in [1.82, 2.24) is 0 Å². The third-order valence-corrected chi connectivity index (χ3v) is 3.31. The van der Waals surface area contributed by atoms with Crippen molar-refractivity contribution in [1.29, 1.82) is 0 Å². The summed E-state index contributed by atoms with van der Waals surface area (Å²) >= 11 is 5.97. The number of nitrogens with two attached hydrogens (primary N) is 1. The van der Waals surface area contributed by atoms with Crippen LogP contribution in [-0.2, 0) is 0 Å². The normalized spacial score (nSPS) is 12.7. The second-order valence-corrected chi connectivity index (χ2v) is 4.88. The van der Waals surface area contributed by atoms with Gasteiger partial charge in [0, 0.05) is 11.1 Å². The lowest BCUT2D eigenvalue weighted by atomic mass is 10.0. The predicted molar refractivity (Wildman–Crippen MR) is 71.7 cm³/mol. The maximum absolute atomic E-state index is 12.9. The highest BCUT2D eigenvalue weighted by Crippen LogP contribution is 2.25. The molecular weight excluding hydrogens is 237 g/mol. The van der Waals surface area contributed by atoms with E-state index in [9.17, 15) is 4.39 Å². The third-order valence-electron chi connectivity index (χ3n) is 2.98. The van der Waals surface area contributed by atoms with Gasteiger partial charge in [-0.15, -0.1) is 0 Å². The quantitative estimate of drug-likeness (QED) is 0.695. The highest BCUT2D eigenvalue weighted by molar-refractivity contribution is 6.31. The van der Waals surface area contributed by atoms with E-state index in [1.165, 1.54) is 37.8 Å². The smallest absolute Gasteiger partial charge is 0.124 e. The van der Waals surface area contributed by atoms with E-state index < -0.39 is 0 Å². The van der Waals surface area contributed by atoms with E-state index in [4.69, 9.17) is 17.3 Å². The summed E-state index contributed by atoms with van der Waals surface area (Å²) in [6.07, 6.45) is 7.02. The van der Waals surface area contributed by atoms with Gasteiger partial charge in [-0.1, -0.05) is 56.7 Å². The van der Waals surface area contributed by atoms with E-state index in [2.05, 4.69) is 6.92 Å². The minimum absolute atomic E-state index is 0.0790. The Morgan fingerprint density at radius 2 is 1.94 bits per heavy atom. The first kappa shape index (κ1) is 14.5. The minimum Gasteiger partial charge on any atom is -0.324 e. The molecule has 0 aliphatic rings. The lowest BCUT2D eigenvalue weighted by molar-refractivity contribution is 0.554. The Morgan fingerprint density at radius 3 is 2.59 bits per heavy atom. The number of benzene rings is 1. The summed E-state index contributed by atoms with van der Waals surface area (Å²) in [6, 6.07) is 4.35. The molecule has 3 heteroatoms. The number of rotatable bonds is 7. The van der Waals surface area contributed by atoms with Crippen molar-refractivity contribution in [2.45, 2.75) is 51.5 Å². The van der Waals surface area contributed by atoms with Crippen molar-refractivity contribution < 1.29 is 4.39 Å². The molecule has 1 aromatic carbocycles. The molecule has 1 unspecified atom stereocenters. The van der Waals surface area contributed by atoms with Crippen molar-refractivity contribution in [3.63, 3.8) is 0 Å². The molecule has 2 N–H and O–H groups in total. The molecule has 0 amide bonds. The second-order valence-electron chi connectivity index (χ2n) is 4.48. The monoisotopic (exact) mass is 257 g/mol. The zero-order valence-corrected chi connectivity index (χ0v) is 11.1. The van der Waals surface area contributed by atoms with E-state index in [0.717, 1.165) is 18.4 Å². The van der Waals surface area contributed by atoms with Gasteiger partial charge in [-0.25, -0.2) is 4.39 Å². The van der Waals surface area contributed by atoms with Crippen molar-refractivity contribution in [2.75, 3.05) is 0 Å². The number of unbranched alkanes of at least 4 members (excludes halogenated alkanes) is 4. The van der Waals surface area contributed by atoms with Gasteiger partial charge in [0.25, 0.3) is 0 Å². The first-order chi connectivity index (χ1) is 8.15. The highest BCUT2D eigenvalue weighted by Gasteiger charge is 2.10. The summed E-state index contributed by atoms with van der Waals surface area (Å²) in [5.41, 5.74) is 6.90. The molecule has 1 aromatic rings. The topological polar surface area (TPSA) is 26.0 Å². The molecule has 96 valence electrons. The van der Waals surface area contributed by atoms with E-state index in [-0.39, 0.29) is 11.9 Å². The summed E-state index contributed by atoms with van der Waals surface area (Å²) in [4.78, 5) is 0. The molecule has 1 nitrogen and oxygen atoms in total. The molecule has 0 aliphatic heterocycles. The summed E-state index contributed by atoms with van der Waals surface area (Å²) in [5.74, 6) is -0.311. The molecule has 0 heterocycles. The van der Waals surface area contributed by atoms with Gasteiger partial charge in [0.2, 0.25) is 0 Å². The van der Waals surface area contributed by atoms with Crippen LogP contribution in [0.3, 0.4) is 0 Å². The van der Waals surface area contributed by atoms with E-state index >= 15 is 0 Å². The van der Waals surface area contributed by atoms with Crippen LogP contribution in [0.5, 0.6) is 0 Å². The molecule has 0 bridgehead atoms. The van der Waals surface area contributed by atoms with E-state index in [0.29, 0.717) is 5.02 Å². The van der Waals surface area contributed by atoms with Crippen molar-refractivity contribution in [3.05, 3.63) is 34.6 Å². The Morgan fingerprint density at radius 1 is 1.24 bits per heavy atom. The van der Waals surface area contributed by atoms with Crippen LogP contribution in [0.25, 0.3) is 0 Å². The van der Waals surface area contributed by atoms with Gasteiger partial charge in [-0.05, 0) is 24.1 Å². The van der Waals surface area contributed by atoms with Crippen LogP contribution in [0.1, 0.15) is 57.1 Å². The zero-order valence-electron chi connectivity index (χ0n) is 10.4. The molecule has 0 saturated carbocycles. The van der Waals surface area contributed by atoms with Crippen LogP contribution < -0.4 is 5.73 Å². The van der Waals surface area contributed by atoms with Gasteiger partial charge < -0.3 is 5.73 Å². The fourth-order valence-corrected chi connectivity index (χ4v) is 2.23. The molecular formula is C14H21ClFN. The fraction of sp³-hybridized carbons (Fsp3) is 0.571. The average Bonchev–Trinajstić information content (AvgIpc) is 2.28. The van der Waals surface area contributed by atoms with Crippen LogP contribution in [-0.4, -0.2) is 0 Å². The third kappa shape index (κ3) is 5.05. The first-order valence-corrected chi connectivity index (χ1v) is 6.73. The lowest BCUT2D eigenvalue weighted by Gasteiger charge is -2.13. The van der Waals surface area contributed by atoms with Gasteiger partial charge in [0.15, 0.2) is 0 Å². The fourth-order valence-electron chi connectivity index (χ4n) is 1.93. The summed E-state index contributed by atoms with van der Waals surface area (Å²) in [5, 5.41) is 0.436. The second kappa shape index (κ2) is 7.67. The SMILES string of the molecule is CCCCCCCC(N)c1ccc(F)cc1Cl. The van der Waals surface area contributed by atoms with Gasteiger partial charge in [0.05, 0.1) is 0 Å². The van der Waals surface area contributed by atoms with Crippen LogP contribution in [0.2, 0.25) is 5.02 Å². The van der Waals surface area contributed by atoms with Gasteiger partial charge in [-0.3, -0.25) is 0 Å². The summed E-state index contributed by atoms with van der Waals surface area (Å²) in [6.45, 7) is 2.20. The number of hydrogen-bond donors (Lipinski definition) is 1. The zero-order chi connectivity index (χ0) is 12.7. The summed E-state index contributed by atoms with van der Waals surface area (Å²) in [7, 11) is 0. The van der Waals surface area contributed by atoms with Crippen molar-refractivity contribution >= 4 is 11.6 Å². The van der Waals surface area contributed by atoms with Crippen molar-refractivity contribution in [2.24, 2.45) is 5.73 Å². The van der Waals surface area contributed by atoms with Crippen molar-refractivity contribution in [3.8, 4) is 0 Å². The van der Waals surface area contributed by atoms with Gasteiger partial charge in [-0.2, -0.15) is 0 Å². The van der Waals surface area contributed by atoms with Gasteiger partial charge >= 0.3 is 0 Å². The predicted octanol–water partition coefficient (Wildman–Crippen LogP) is 4.84. The van der Waals surface area contributed by atoms with Crippen LogP contribution in [0.15, 0.2) is 18.2 Å². The van der Waals surface area contributed by atoms with Gasteiger partial charge in [0.1, 0.15) is 5.82 Å².